The number of carbonyl (C=O) groups excluding carboxylic acids is 1. The van der Waals surface area contributed by atoms with E-state index in [2.05, 4.69) is 15.0 Å². The van der Waals surface area contributed by atoms with E-state index in [9.17, 15) is 32.2 Å². The molecule has 2 rings (SSSR count). The van der Waals surface area contributed by atoms with Gasteiger partial charge in [0, 0.05) is 20.0 Å². The van der Waals surface area contributed by atoms with Gasteiger partial charge in [-0.15, -0.1) is 11.3 Å². The number of hydrogen-bond acceptors (Lipinski definition) is 8. The topological polar surface area (TPSA) is 138 Å². The summed E-state index contributed by atoms with van der Waals surface area (Å²) in [5.41, 5.74) is -0.00539. The maximum atomic E-state index is 13.5. The van der Waals surface area contributed by atoms with Crippen molar-refractivity contribution in [1.29, 1.82) is 0 Å². The molecule has 4 N–H and O–H groups in total. The van der Waals surface area contributed by atoms with E-state index in [1.165, 1.54) is 12.5 Å². The van der Waals surface area contributed by atoms with Gasteiger partial charge in [0.2, 0.25) is 10.0 Å². The Bertz CT molecular complexity index is 972. The van der Waals surface area contributed by atoms with Gasteiger partial charge in [0.1, 0.15) is 29.5 Å². The van der Waals surface area contributed by atoms with Crippen molar-refractivity contribution in [2.24, 2.45) is 0 Å². The summed E-state index contributed by atoms with van der Waals surface area (Å²) in [5.74, 6) is -2.45. The fourth-order valence-electron chi connectivity index (χ4n) is 2.60. The minimum absolute atomic E-state index is 0. The van der Waals surface area contributed by atoms with E-state index >= 15 is 0 Å². The summed E-state index contributed by atoms with van der Waals surface area (Å²) in [5, 5.41) is 24.2. The second kappa shape index (κ2) is 10.2. The lowest BCUT2D eigenvalue weighted by molar-refractivity contribution is -0.0407. The molecule has 9 nitrogen and oxygen atoms in total. The molecule has 0 spiro atoms. The molecule has 3 atom stereocenters. The highest BCUT2D eigenvalue weighted by Gasteiger charge is 2.29. The van der Waals surface area contributed by atoms with E-state index in [0.717, 1.165) is 29.7 Å². The molecule has 1 aromatic carbocycles. The summed E-state index contributed by atoms with van der Waals surface area (Å²) >= 11 is 0.869. The van der Waals surface area contributed by atoms with E-state index in [0.29, 0.717) is 6.07 Å². The van der Waals surface area contributed by atoms with Gasteiger partial charge in [-0.1, -0.05) is 0 Å². The Kier molecular flexibility index (Phi) is 8.20. The normalized spacial score (nSPS) is 14.7. The van der Waals surface area contributed by atoms with Gasteiger partial charge in [-0.25, -0.2) is 22.2 Å². The van der Waals surface area contributed by atoms with Crippen molar-refractivity contribution in [3.63, 3.8) is 0 Å². The largest absolute Gasteiger partial charge is 0.388 e. The number of nitrogens with zero attached hydrogens (tertiary/aromatic N) is 1. The van der Waals surface area contributed by atoms with Gasteiger partial charge >= 0.3 is 0 Å². The van der Waals surface area contributed by atoms with Crippen LogP contribution >= 0.6 is 11.3 Å². The van der Waals surface area contributed by atoms with Crippen molar-refractivity contribution in [2.45, 2.75) is 24.7 Å². The van der Waals surface area contributed by atoms with Crippen molar-refractivity contribution >= 4 is 32.4 Å². The van der Waals surface area contributed by atoms with Crippen LogP contribution in [0.1, 0.15) is 17.5 Å². The lowest BCUT2D eigenvalue weighted by Gasteiger charge is -2.27. The van der Waals surface area contributed by atoms with E-state index in [1.807, 2.05) is 0 Å². The molecule has 0 saturated heterocycles. The Hall–Kier alpha value is -2.19. The number of benzene rings is 1. The number of thiazole rings is 1. The second-order valence-electron chi connectivity index (χ2n) is 6.49. The number of methoxy groups -OCH3 is 1. The predicted molar refractivity (Wildman–Crippen MR) is 108 cm³/mol. The zero-order valence-electron chi connectivity index (χ0n) is 16.0. The zero-order valence-corrected chi connectivity index (χ0v) is 17.6. The molecule has 0 aliphatic heterocycles. The summed E-state index contributed by atoms with van der Waals surface area (Å²) < 4.78 is 56.4. The maximum absolute atomic E-state index is 13.5. The number of carbonyl (C=O) groups is 1. The third kappa shape index (κ3) is 7.25. The van der Waals surface area contributed by atoms with Crippen molar-refractivity contribution in [2.75, 3.05) is 24.7 Å². The Labute approximate surface area is 177 Å². The number of aromatic nitrogens is 1. The van der Waals surface area contributed by atoms with Gasteiger partial charge in [-0.3, -0.25) is 9.52 Å². The van der Waals surface area contributed by atoms with Crippen LogP contribution in [0.5, 0.6) is 0 Å². The number of rotatable bonds is 10. The molecule has 168 valence electrons. The van der Waals surface area contributed by atoms with Crippen molar-refractivity contribution in [3.8, 4) is 0 Å². The summed E-state index contributed by atoms with van der Waals surface area (Å²) in [7, 11) is -2.28. The molecule has 13 heteroatoms. The highest BCUT2D eigenvalue weighted by molar-refractivity contribution is 7.92. The fourth-order valence-corrected chi connectivity index (χ4v) is 4.15. The average Bonchev–Trinajstić information content (AvgIpc) is 3.06. The first kappa shape index (κ1) is 24.1. The van der Waals surface area contributed by atoms with E-state index in [4.69, 9.17) is 4.74 Å². The van der Waals surface area contributed by atoms with Crippen LogP contribution in [0.2, 0.25) is 0 Å². The molecule has 0 bridgehead atoms. The molecule has 30 heavy (non-hydrogen) atoms. The van der Waals surface area contributed by atoms with Crippen molar-refractivity contribution < 1.29 is 38.4 Å². The molecule has 0 aliphatic carbocycles. The number of anilines is 1. The Balaban J connectivity index is 0.00000480. The van der Waals surface area contributed by atoms with Crippen LogP contribution in [0, 0.1) is 11.6 Å². The van der Waals surface area contributed by atoms with Crippen LogP contribution in [-0.4, -0.2) is 67.7 Å². The SMILES string of the molecule is COCC(O)C(O)C(Cc1cc(F)cc(F)c1)NC(=O)c1csc(NS(C)(=O)=O)n1.[HH]. The molecule has 1 amide bonds. The molecule has 1 heterocycles. The summed E-state index contributed by atoms with van der Waals surface area (Å²) in [6.45, 7) is -0.246. The van der Waals surface area contributed by atoms with Crippen LogP contribution < -0.4 is 10.0 Å². The quantitative estimate of drug-likeness (QED) is 0.405. The molecule has 3 unspecified atom stereocenters. The molecular weight excluding hydrogens is 444 g/mol. The van der Waals surface area contributed by atoms with Gasteiger partial charge in [0.25, 0.3) is 5.91 Å². The average molecular weight is 468 g/mol. The summed E-state index contributed by atoms with van der Waals surface area (Å²) in [4.78, 5) is 16.4. The highest BCUT2D eigenvalue weighted by atomic mass is 32.2. The lowest BCUT2D eigenvalue weighted by Crippen LogP contribution is -2.51. The summed E-state index contributed by atoms with van der Waals surface area (Å²) in [6.07, 6.45) is -2.21. The van der Waals surface area contributed by atoms with Gasteiger partial charge in [-0.2, -0.15) is 0 Å². The van der Waals surface area contributed by atoms with Gasteiger partial charge in [-0.05, 0) is 24.1 Å². The smallest absolute Gasteiger partial charge is 0.271 e. The fraction of sp³-hybridized carbons (Fsp3) is 0.412. The maximum Gasteiger partial charge on any atom is 0.271 e. The zero-order chi connectivity index (χ0) is 22.5. The number of nitrogens with one attached hydrogen (secondary N) is 2. The van der Waals surface area contributed by atoms with Gasteiger partial charge < -0.3 is 20.3 Å². The monoisotopic (exact) mass is 467 g/mol. The molecule has 2 aromatic rings. The van der Waals surface area contributed by atoms with Crippen molar-refractivity contribution in [3.05, 3.63) is 46.5 Å². The van der Waals surface area contributed by atoms with Gasteiger partial charge in [0.15, 0.2) is 5.13 Å². The highest BCUT2D eigenvalue weighted by Crippen LogP contribution is 2.18. The molecule has 0 aliphatic rings. The minimum Gasteiger partial charge on any atom is -0.388 e. The Morgan fingerprint density at radius 3 is 2.50 bits per heavy atom. The number of amides is 1. The first-order chi connectivity index (χ1) is 14.0. The molecule has 1 aromatic heterocycles. The number of hydrogen-bond donors (Lipinski definition) is 4. The first-order valence-electron chi connectivity index (χ1n) is 8.52. The van der Waals surface area contributed by atoms with Crippen LogP contribution in [0.25, 0.3) is 0 Å². The number of halogens is 2. The van der Waals surface area contributed by atoms with E-state index in [-0.39, 0.29) is 30.8 Å². The Morgan fingerprint density at radius 2 is 1.93 bits per heavy atom. The molecule has 0 radical (unpaired) electrons. The Morgan fingerprint density at radius 1 is 1.30 bits per heavy atom. The first-order valence-corrected chi connectivity index (χ1v) is 11.3. The predicted octanol–water partition coefficient (Wildman–Crippen LogP) is 0.748. The van der Waals surface area contributed by atoms with Crippen LogP contribution in [0.15, 0.2) is 23.6 Å². The van der Waals surface area contributed by atoms with Gasteiger partial charge in [0.05, 0.1) is 18.9 Å². The molecular formula is C17H23F2N3O6S2. The molecule has 0 fully saturated rings. The minimum atomic E-state index is -3.58. The number of ether oxygens (including phenoxy) is 1. The third-order valence-corrected chi connectivity index (χ3v) is 5.30. The van der Waals surface area contributed by atoms with Crippen molar-refractivity contribution in [1.82, 2.24) is 10.3 Å². The van der Waals surface area contributed by atoms with E-state index in [1.54, 1.807) is 0 Å². The van der Waals surface area contributed by atoms with Crippen LogP contribution in [0.3, 0.4) is 0 Å². The van der Waals surface area contributed by atoms with Crippen LogP contribution in [-0.2, 0) is 21.2 Å². The standard InChI is InChI=1S/C17H21F2N3O6S2.H2/c1-28-7-14(23)15(24)12(5-9-3-10(18)6-11(19)4-9)20-16(25)13-8-29-17(21-13)22-30(2,26)27;/h3-4,6,8,12,14-15,23-24H,5,7H2,1-2H3,(H,20,25)(H,21,22);1H. The van der Waals surface area contributed by atoms with E-state index < -0.39 is 45.8 Å². The number of sulfonamides is 1. The second-order valence-corrected chi connectivity index (χ2v) is 9.09. The van der Waals surface area contributed by atoms with Crippen LogP contribution in [0.4, 0.5) is 13.9 Å². The lowest BCUT2D eigenvalue weighted by atomic mass is 9.97. The molecule has 0 saturated carbocycles. The summed E-state index contributed by atoms with van der Waals surface area (Å²) in [6, 6.07) is 1.60. The number of aliphatic hydroxyl groups excluding tert-OH is 2. The number of aliphatic hydroxyl groups is 2. The third-order valence-electron chi connectivity index (χ3n) is 3.85.